The minimum Gasteiger partial charge on any atom is -0.545 e. The van der Waals surface area contributed by atoms with E-state index in [9.17, 15) is 18.3 Å². The second kappa shape index (κ2) is 6.23. The number of benzene rings is 2. The number of para-hydroxylation sites is 1. The number of sulfonamides is 1. The molecule has 0 radical (unpaired) electrons. The van der Waals surface area contributed by atoms with Gasteiger partial charge < -0.3 is 9.90 Å². The summed E-state index contributed by atoms with van der Waals surface area (Å²) in [6.07, 6.45) is 1.42. The molecule has 6 heteroatoms. The molecule has 2 aromatic carbocycles. The third kappa shape index (κ3) is 4.19. The van der Waals surface area contributed by atoms with E-state index in [1.54, 1.807) is 24.3 Å². The van der Waals surface area contributed by atoms with Crippen molar-refractivity contribution in [1.82, 2.24) is 0 Å². The highest BCUT2D eigenvalue weighted by molar-refractivity contribution is 7.95. The zero-order chi connectivity index (χ0) is 15.3. The van der Waals surface area contributed by atoms with E-state index in [4.69, 9.17) is 0 Å². The molecule has 2 aromatic rings. The van der Waals surface area contributed by atoms with Gasteiger partial charge in [-0.25, -0.2) is 8.42 Å². The summed E-state index contributed by atoms with van der Waals surface area (Å²) < 4.78 is 26.1. The van der Waals surface area contributed by atoms with Gasteiger partial charge in [0.25, 0.3) is 10.0 Å². The summed E-state index contributed by atoms with van der Waals surface area (Å²) in [5.74, 6) is -1.44. The SMILES string of the molecule is O=C([O-])c1ccccc1NS(=O)(=O)/C=C/c1ccccc1. The van der Waals surface area contributed by atoms with Crippen LogP contribution in [0.1, 0.15) is 15.9 Å². The lowest BCUT2D eigenvalue weighted by Crippen LogP contribution is -2.24. The quantitative estimate of drug-likeness (QED) is 0.906. The van der Waals surface area contributed by atoms with E-state index in [-0.39, 0.29) is 11.3 Å². The molecule has 0 atom stereocenters. The molecule has 21 heavy (non-hydrogen) atoms. The van der Waals surface area contributed by atoms with E-state index >= 15 is 0 Å². The van der Waals surface area contributed by atoms with E-state index in [0.29, 0.717) is 0 Å². The molecule has 0 saturated heterocycles. The number of carbonyl (C=O) groups excluding carboxylic acids is 1. The van der Waals surface area contributed by atoms with Crippen molar-refractivity contribution in [3.63, 3.8) is 0 Å². The number of carboxylic acid groups (broad SMARTS) is 1. The molecule has 0 unspecified atom stereocenters. The predicted molar refractivity (Wildman–Crippen MR) is 78.8 cm³/mol. The molecule has 0 bridgehead atoms. The lowest BCUT2D eigenvalue weighted by Gasteiger charge is -2.11. The Hall–Kier alpha value is -2.60. The fraction of sp³-hybridized carbons (Fsp3) is 0. The third-order valence-corrected chi connectivity index (χ3v) is 3.64. The first-order chi connectivity index (χ1) is 9.98. The van der Waals surface area contributed by atoms with Crippen molar-refractivity contribution in [3.05, 3.63) is 71.1 Å². The maximum Gasteiger partial charge on any atom is 0.255 e. The lowest BCUT2D eigenvalue weighted by atomic mass is 10.2. The molecule has 2 rings (SSSR count). The van der Waals surface area contributed by atoms with Gasteiger partial charge in [0, 0.05) is 5.56 Å². The Morgan fingerprint density at radius 1 is 1.00 bits per heavy atom. The number of anilines is 1. The molecule has 1 N–H and O–H groups in total. The third-order valence-electron chi connectivity index (χ3n) is 2.64. The van der Waals surface area contributed by atoms with Crippen LogP contribution in [0.25, 0.3) is 6.08 Å². The van der Waals surface area contributed by atoms with Gasteiger partial charge >= 0.3 is 0 Å². The minimum atomic E-state index is -3.81. The topological polar surface area (TPSA) is 86.3 Å². The van der Waals surface area contributed by atoms with Gasteiger partial charge in [0.05, 0.1) is 17.1 Å². The molecule has 0 aliphatic heterocycles. The first kappa shape index (κ1) is 14.8. The molecule has 5 nitrogen and oxygen atoms in total. The molecule has 0 heterocycles. The van der Waals surface area contributed by atoms with Crippen LogP contribution in [0.3, 0.4) is 0 Å². The number of rotatable bonds is 5. The molecule has 0 saturated carbocycles. The van der Waals surface area contributed by atoms with Crippen LogP contribution in [0, 0.1) is 0 Å². The molecule has 0 amide bonds. The normalized spacial score (nSPS) is 11.4. The summed E-state index contributed by atoms with van der Waals surface area (Å²) in [5, 5.41) is 11.9. The van der Waals surface area contributed by atoms with Gasteiger partial charge in [-0.15, -0.1) is 0 Å². The van der Waals surface area contributed by atoms with Crippen LogP contribution in [0.2, 0.25) is 0 Å². The number of hydrogen-bond acceptors (Lipinski definition) is 4. The number of nitrogens with one attached hydrogen (secondary N) is 1. The van der Waals surface area contributed by atoms with Crippen LogP contribution >= 0.6 is 0 Å². The maximum absolute atomic E-state index is 11.9. The largest absolute Gasteiger partial charge is 0.545 e. The summed E-state index contributed by atoms with van der Waals surface area (Å²) in [6, 6.07) is 14.5. The van der Waals surface area contributed by atoms with E-state index in [0.717, 1.165) is 11.0 Å². The first-order valence-electron chi connectivity index (χ1n) is 6.04. The highest BCUT2D eigenvalue weighted by atomic mass is 32.2. The Morgan fingerprint density at radius 2 is 1.62 bits per heavy atom. The Labute approximate surface area is 122 Å². The summed E-state index contributed by atoms with van der Waals surface area (Å²) >= 11 is 0. The molecule has 0 fully saturated rings. The van der Waals surface area contributed by atoms with E-state index in [1.807, 2.05) is 6.07 Å². The minimum absolute atomic E-state index is 0.0322. The summed E-state index contributed by atoms with van der Waals surface area (Å²) in [7, 11) is -3.81. The van der Waals surface area contributed by atoms with Crippen molar-refractivity contribution in [2.75, 3.05) is 4.72 Å². The van der Waals surface area contributed by atoms with Gasteiger partial charge in [-0.3, -0.25) is 4.72 Å². The Kier molecular flexibility index (Phi) is 4.39. The van der Waals surface area contributed by atoms with Crippen molar-refractivity contribution < 1.29 is 18.3 Å². The van der Waals surface area contributed by atoms with E-state index in [2.05, 4.69) is 4.72 Å². The van der Waals surface area contributed by atoms with Crippen molar-refractivity contribution in [2.45, 2.75) is 0 Å². The van der Waals surface area contributed by atoms with Crippen molar-refractivity contribution >= 4 is 27.8 Å². The zero-order valence-electron chi connectivity index (χ0n) is 10.9. The van der Waals surface area contributed by atoms with Gasteiger partial charge in [-0.05, 0) is 17.7 Å². The maximum atomic E-state index is 11.9. The van der Waals surface area contributed by atoms with E-state index in [1.165, 1.54) is 30.3 Å². The van der Waals surface area contributed by atoms with Crippen LogP contribution in [-0.2, 0) is 10.0 Å². The van der Waals surface area contributed by atoms with Gasteiger partial charge in [0.2, 0.25) is 0 Å². The van der Waals surface area contributed by atoms with Crippen molar-refractivity contribution in [2.24, 2.45) is 0 Å². The monoisotopic (exact) mass is 302 g/mol. The second-order valence-electron chi connectivity index (χ2n) is 4.19. The van der Waals surface area contributed by atoms with Gasteiger partial charge in [0.1, 0.15) is 0 Å². The van der Waals surface area contributed by atoms with Crippen LogP contribution in [0.5, 0.6) is 0 Å². The smallest absolute Gasteiger partial charge is 0.255 e. The summed E-state index contributed by atoms with van der Waals surface area (Å²) in [4.78, 5) is 10.9. The Morgan fingerprint density at radius 3 is 2.29 bits per heavy atom. The molecular formula is C15H12NO4S-. The van der Waals surface area contributed by atoms with Crippen molar-refractivity contribution in [3.8, 4) is 0 Å². The van der Waals surface area contributed by atoms with Gasteiger partial charge in [0.15, 0.2) is 0 Å². The average Bonchev–Trinajstić information content (AvgIpc) is 2.46. The molecule has 0 spiro atoms. The second-order valence-corrected chi connectivity index (χ2v) is 5.76. The molecule has 0 aliphatic carbocycles. The number of hydrogen-bond donors (Lipinski definition) is 1. The zero-order valence-corrected chi connectivity index (χ0v) is 11.7. The molecule has 0 aromatic heterocycles. The highest BCUT2D eigenvalue weighted by Gasteiger charge is 2.09. The lowest BCUT2D eigenvalue weighted by molar-refractivity contribution is -0.254. The Bertz CT molecular complexity index is 767. The number of carboxylic acids is 1. The van der Waals surface area contributed by atoms with Gasteiger partial charge in [-0.2, -0.15) is 0 Å². The van der Waals surface area contributed by atoms with E-state index < -0.39 is 16.0 Å². The van der Waals surface area contributed by atoms with Crippen LogP contribution in [0.4, 0.5) is 5.69 Å². The van der Waals surface area contributed by atoms with Crippen LogP contribution in [0.15, 0.2) is 60.0 Å². The average molecular weight is 302 g/mol. The Balaban J connectivity index is 2.23. The fourth-order valence-corrected chi connectivity index (χ4v) is 2.56. The van der Waals surface area contributed by atoms with Crippen LogP contribution < -0.4 is 9.83 Å². The first-order valence-corrected chi connectivity index (χ1v) is 7.59. The van der Waals surface area contributed by atoms with Crippen LogP contribution in [-0.4, -0.2) is 14.4 Å². The summed E-state index contributed by atoms with van der Waals surface area (Å²) in [6.45, 7) is 0. The number of carbonyl (C=O) groups is 1. The highest BCUT2D eigenvalue weighted by Crippen LogP contribution is 2.16. The molecular weight excluding hydrogens is 290 g/mol. The van der Waals surface area contributed by atoms with Gasteiger partial charge in [-0.1, -0.05) is 48.5 Å². The van der Waals surface area contributed by atoms with Crippen molar-refractivity contribution in [1.29, 1.82) is 0 Å². The number of aromatic carboxylic acids is 1. The predicted octanol–water partition coefficient (Wildman–Crippen LogP) is 1.46. The standard InChI is InChI=1S/C15H13NO4S/c17-15(18)13-8-4-5-9-14(13)16-21(19,20)11-10-12-6-2-1-3-7-12/h1-11,16H,(H,17,18)/p-1/b11-10+. The fourth-order valence-electron chi connectivity index (χ4n) is 1.67. The molecule has 0 aliphatic rings. The molecule has 108 valence electrons. The summed E-state index contributed by atoms with van der Waals surface area (Å²) in [5.41, 5.74) is 0.473.